The topological polar surface area (TPSA) is 0 Å². The van der Waals surface area contributed by atoms with Crippen LogP contribution in [0.25, 0.3) is 0 Å². The van der Waals surface area contributed by atoms with Crippen molar-refractivity contribution >= 4 is 0 Å². The maximum atomic E-state index is 2.29. The van der Waals surface area contributed by atoms with Gasteiger partial charge < -0.3 is 0 Å². The molecule has 0 aromatic heterocycles. The molecule has 0 radical (unpaired) electrons. The molecule has 0 heterocycles. The van der Waals surface area contributed by atoms with Crippen molar-refractivity contribution < 1.29 is 19.8 Å². The normalized spacial score (nSPS) is 16.5. The van der Waals surface area contributed by atoms with Gasteiger partial charge in [0.1, 0.15) is 0 Å². The van der Waals surface area contributed by atoms with Crippen LogP contribution in [-0.4, -0.2) is 0 Å². The van der Waals surface area contributed by atoms with Crippen LogP contribution in [0.1, 0.15) is 31.2 Å². The van der Waals surface area contributed by atoms with Crippen molar-refractivity contribution in [1.82, 2.24) is 0 Å². The summed E-state index contributed by atoms with van der Waals surface area (Å²) >= 11 is 0. The van der Waals surface area contributed by atoms with Gasteiger partial charge in [-0.3, -0.25) is 0 Å². The summed E-state index contributed by atoms with van der Waals surface area (Å²) in [5.41, 5.74) is 2.98. The van der Waals surface area contributed by atoms with E-state index in [-0.39, 0.29) is 19.8 Å². The van der Waals surface area contributed by atoms with Crippen LogP contribution in [0.4, 0.5) is 0 Å². The van der Waals surface area contributed by atoms with E-state index in [1.54, 1.807) is 5.57 Å². The van der Waals surface area contributed by atoms with E-state index in [0.29, 0.717) is 5.92 Å². The molecule has 1 unspecified atom stereocenters. The fraction of sp³-hybridized carbons (Fsp3) is 0.286. The second-order valence-corrected chi connectivity index (χ2v) is 3.84. The molecule has 1 aromatic rings. The molecule has 0 spiro atoms. The third-order valence-corrected chi connectivity index (χ3v) is 2.90. The smallest absolute Gasteiger partial charge is 0.00230 e. The van der Waals surface area contributed by atoms with Gasteiger partial charge in [-0.15, -0.1) is 0 Å². The van der Waals surface area contributed by atoms with E-state index in [1.807, 2.05) is 0 Å². The number of hydrogen-bond acceptors (Lipinski definition) is 0. The molecule has 1 heteroatoms. The van der Waals surface area contributed by atoms with Gasteiger partial charge in [0.25, 0.3) is 0 Å². The zero-order chi connectivity index (χ0) is 9.80. The van der Waals surface area contributed by atoms with Crippen LogP contribution in [0, 0.1) is 0 Å². The van der Waals surface area contributed by atoms with Crippen molar-refractivity contribution in [2.75, 3.05) is 0 Å². The zero-order valence-corrected chi connectivity index (χ0v) is 11.5. The van der Waals surface area contributed by atoms with Gasteiger partial charge in [0.05, 0.1) is 0 Å². The minimum Gasteiger partial charge on any atom is -0.0842 e. The average Bonchev–Trinajstić information content (AvgIpc) is 2.30. The minimum atomic E-state index is 0. The summed E-state index contributed by atoms with van der Waals surface area (Å²) < 4.78 is 0. The molecule has 1 atom stereocenters. The van der Waals surface area contributed by atoms with E-state index in [1.165, 1.54) is 18.4 Å². The van der Waals surface area contributed by atoms with Gasteiger partial charge in [0.2, 0.25) is 0 Å². The monoisotopic (exact) mass is 376 g/mol. The Hall–Kier alpha value is -0.664. The Morgan fingerprint density at radius 2 is 1.87 bits per heavy atom. The Bertz CT molecular complexity index is 349. The van der Waals surface area contributed by atoms with Crippen molar-refractivity contribution in [3.63, 3.8) is 0 Å². The summed E-state index contributed by atoms with van der Waals surface area (Å²) in [4.78, 5) is 0. The number of hydrogen-bond donors (Lipinski definition) is 0. The molecular weight excluding hydrogens is 358 g/mol. The molecule has 0 amide bonds. The first-order valence-corrected chi connectivity index (χ1v) is 5.28. The van der Waals surface area contributed by atoms with Gasteiger partial charge in [-0.05, 0) is 18.4 Å². The molecule has 80 valence electrons. The van der Waals surface area contributed by atoms with Crippen LogP contribution in [0.15, 0.2) is 54.1 Å². The predicted molar refractivity (Wildman–Crippen MR) is 61.3 cm³/mol. The Kier molecular flexibility index (Phi) is 4.99. The summed E-state index contributed by atoms with van der Waals surface area (Å²) in [6.45, 7) is 2.29. The molecule has 1 aromatic carbocycles. The second kappa shape index (κ2) is 6.04. The second-order valence-electron chi connectivity index (χ2n) is 3.84. The molecule has 0 fully saturated rings. The Balaban J connectivity index is 0.00000112. The van der Waals surface area contributed by atoms with Crippen molar-refractivity contribution in [2.45, 2.75) is 25.7 Å². The van der Waals surface area contributed by atoms with Gasteiger partial charge >= 0.3 is 0 Å². The van der Waals surface area contributed by atoms with Crippen LogP contribution in [0.3, 0.4) is 0 Å². The Morgan fingerprint density at radius 3 is 2.47 bits per heavy atom. The number of allylic oxidation sites excluding steroid dienone is 4. The Labute approximate surface area is 105 Å². The molecule has 1 aliphatic carbocycles. The van der Waals surface area contributed by atoms with Crippen molar-refractivity contribution in [3.05, 3.63) is 59.7 Å². The van der Waals surface area contributed by atoms with Gasteiger partial charge in [-0.1, -0.05) is 61.1 Å². The van der Waals surface area contributed by atoms with Crippen molar-refractivity contribution in [1.29, 1.82) is 0 Å². The fourth-order valence-electron chi connectivity index (χ4n) is 1.94. The molecule has 0 nitrogen and oxygen atoms in total. The molecule has 1 aliphatic rings. The van der Waals surface area contributed by atoms with E-state index in [4.69, 9.17) is 0 Å². The van der Waals surface area contributed by atoms with Crippen LogP contribution in [0.5, 0.6) is 0 Å². The Morgan fingerprint density at radius 1 is 1.13 bits per heavy atom. The van der Waals surface area contributed by atoms with Crippen molar-refractivity contribution in [3.8, 4) is 0 Å². The van der Waals surface area contributed by atoms with Gasteiger partial charge in [-0.2, -0.15) is 0 Å². The van der Waals surface area contributed by atoms with Crippen LogP contribution in [0.2, 0.25) is 0 Å². The first-order chi connectivity index (χ1) is 6.88. The summed E-state index contributed by atoms with van der Waals surface area (Å²) in [5.74, 6) is 0.571. The first-order valence-electron chi connectivity index (χ1n) is 5.28. The first kappa shape index (κ1) is 12.4. The summed E-state index contributed by atoms with van der Waals surface area (Å²) in [6, 6.07) is 10.7. The SMILES string of the molecule is CC(C1=CC=CCC1)c1ccccc1.[Os]. The maximum absolute atomic E-state index is 2.29. The van der Waals surface area contributed by atoms with Crippen LogP contribution < -0.4 is 0 Å². The maximum Gasteiger partial charge on any atom is 0.00230 e. The third kappa shape index (κ3) is 3.15. The van der Waals surface area contributed by atoms with E-state index >= 15 is 0 Å². The minimum absolute atomic E-state index is 0. The number of rotatable bonds is 2. The largest absolute Gasteiger partial charge is 0.0842 e. The molecule has 0 saturated carbocycles. The molecule has 0 bridgehead atoms. The average molecular weight is 375 g/mol. The van der Waals surface area contributed by atoms with E-state index in [2.05, 4.69) is 55.5 Å². The molecule has 15 heavy (non-hydrogen) atoms. The third-order valence-electron chi connectivity index (χ3n) is 2.90. The van der Waals surface area contributed by atoms with Crippen molar-refractivity contribution in [2.24, 2.45) is 0 Å². The molecule has 0 N–H and O–H groups in total. The van der Waals surface area contributed by atoms with E-state index in [9.17, 15) is 0 Å². The summed E-state index contributed by atoms with van der Waals surface area (Å²) in [6.07, 6.45) is 9.09. The quantitative estimate of drug-likeness (QED) is 0.732. The summed E-state index contributed by atoms with van der Waals surface area (Å²) in [5, 5.41) is 0. The van der Waals surface area contributed by atoms with Crippen LogP contribution >= 0.6 is 0 Å². The molecule has 0 aliphatic heterocycles. The van der Waals surface area contributed by atoms with Gasteiger partial charge in [0.15, 0.2) is 0 Å². The van der Waals surface area contributed by atoms with Gasteiger partial charge in [0, 0.05) is 25.7 Å². The van der Waals surface area contributed by atoms with E-state index in [0.717, 1.165) is 0 Å². The standard InChI is InChI=1S/C14H16.Os/c1-12(13-8-4-2-5-9-13)14-10-6-3-7-11-14;/h2-6,8-10,12H,7,11H2,1H3;. The van der Waals surface area contributed by atoms with E-state index < -0.39 is 0 Å². The fourth-order valence-corrected chi connectivity index (χ4v) is 1.94. The number of benzene rings is 1. The zero-order valence-electron chi connectivity index (χ0n) is 8.96. The predicted octanol–water partition coefficient (Wildman–Crippen LogP) is 4.06. The van der Waals surface area contributed by atoms with Gasteiger partial charge in [-0.25, -0.2) is 0 Å². The summed E-state index contributed by atoms with van der Waals surface area (Å²) in [7, 11) is 0. The van der Waals surface area contributed by atoms with Crippen LogP contribution in [-0.2, 0) is 19.8 Å². The molecule has 2 rings (SSSR count). The molecular formula is C14H16Os. The molecule has 0 saturated heterocycles.